The van der Waals surface area contributed by atoms with Crippen LogP contribution in [0.3, 0.4) is 0 Å². The number of carbonyl (C=O) groups excluding carboxylic acids is 2. The highest BCUT2D eigenvalue weighted by Gasteiger charge is 2.13. The zero-order valence-corrected chi connectivity index (χ0v) is 17.2. The van der Waals surface area contributed by atoms with Gasteiger partial charge in [0.15, 0.2) is 0 Å². The molecule has 1 unspecified atom stereocenters. The first-order valence-electron chi connectivity index (χ1n) is 9.26. The predicted octanol–water partition coefficient (Wildman–Crippen LogP) is -1.40. The Morgan fingerprint density at radius 3 is 2.48 bits per heavy atom. The summed E-state index contributed by atoms with van der Waals surface area (Å²) in [5.74, 6) is 10.3. The molecule has 0 heterocycles. The molecule has 0 saturated carbocycles. The van der Waals surface area contributed by atoms with Crippen molar-refractivity contribution in [2.75, 3.05) is 20.1 Å². The molecule has 0 spiro atoms. The van der Waals surface area contributed by atoms with Crippen molar-refractivity contribution in [3.05, 3.63) is 59.2 Å². The number of nitrogens with zero attached hydrogens (tertiary/aromatic N) is 3. The lowest BCUT2D eigenvalue weighted by Crippen LogP contribution is -2.37. The van der Waals surface area contributed by atoms with Gasteiger partial charge in [-0.1, -0.05) is 12.1 Å². The minimum atomic E-state index is -1.38. The molecular weight excluding hydrogens is 405 g/mol. The van der Waals surface area contributed by atoms with Crippen molar-refractivity contribution in [3.63, 3.8) is 0 Å². The molecule has 12 heteroatoms. The molecule has 0 aliphatic carbocycles. The molecule has 0 aromatic heterocycles. The van der Waals surface area contributed by atoms with Gasteiger partial charge in [-0.3, -0.25) is 9.59 Å². The van der Waals surface area contributed by atoms with E-state index in [1.165, 1.54) is 13.2 Å². The second-order valence-corrected chi connectivity index (χ2v) is 6.56. The van der Waals surface area contributed by atoms with Crippen LogP contribution < -0.4 is 33.8 Å². The zero-order valence-electron chi connectivity index (χ0n) is 17.2. The molecule has 1 atom stereocenters. The smallest absolute Gasteiger partial charge is 0.268 e. The van der Waals surface area contributed by atoms with E-state index in [-0.39, 0.29) is 37.4 Å². The maximum Gasteiger partial charge on any atom is 0.268 e. The number of likely N-dealkylation sites (N-methyl/N-ethyl adjacent to an activating group) is 1. The number of halogens is 1. The summed E-state index contributed by atoms with van der Waals surface area (Å²) in [4.78, 5) is 23.4. The van der Waals surface area contributed by atoms with Crippen LogP contribution in [0.4, 0.5) is 4.39 Å². The van der Waals surface area contributed by atoms with Crippen molar-refractivity contribution in [3.8, 4) is 6.07 Å². The number of nitriles is 1. The number of rotatable bonds is 11. The van der Waals surface area contributed by atoms with Crippen molar-refractivity contribution < 1.29 is 14.0 Å². The maximum atomic E-state index is 14.1. The molecule has 10 N–H and O–H groups in total. The van der Waals surface area contributed by atoms with Crippen LogP contribution in [0.15, 0.2) is 48.1 Å². The van der Waals surface area contributed by atoms with E-state index in [1.807, 2.05) is 6.07 Å². The van der Waals surface area contributed by atoms with Gasteiger partial charge in [0.1, 0.15) is 17.6 Å². The van der Waals surface area contributed by atoms with Crippen LogP contribution in [0.5, 0.6) is 0 Å². The minimum Gasteiger partial charge on any atom is -0.393 e. The monoisotopic (exact) mass is 433 g/mol. The summed E-state index contributed by atoms with van der Waals surface area (Å²) in [7, 11) is 1.42. The fraction of sp³-hybridized carbons (Fsp3) is 0.316. The van der Waals surface area contributed by atoms with Gasteiger partial charge in [-0.15, -0.1) is 0 Å². The molecule has 1 aromatic rings. The van der Waals surface area contributed by atoms with Gasteiger partial charge in [0.05, 0.1) is 18.2 Å². The first kappa shape index (κ1) is 25.2. The van der Waals surface area contributed by atoms with Crippen LogP contribution in [0.1, 0.15) is 17.5 Å². The van der Waals surface area contributed by atoms with E-state index in [4.69, 9.17) is 28.4 Å². The summed E-state index contributed by atoms with van der Waals surface area (Å²) in [5.41, 5.74) is 12.1. The van der Waals surface area contributed by atoms with E-state index >= 15 is 0 Å². The Labute approximate surface area is 180 Å². The van der Waals surface area contributed by atoms with Crippen molar-refractivity contribution in [1.82, 2.24) is 20.7 Å². The summed E-state index contributed by atoms with van der Waals surface area (Å²) in [6.07, 6.45) is 0.931. The quantitative estimate of drug-likeness (QED) is 0.138. The molecule has 1 rings (SSSR count). The molecular formula is C19H28FN9O2. The number of hydrogen-bond donors (Lipinski definition) is 6. The molecule has 11 nitrogen and oxygen atoms in total. The Balaban J connectivity index is 2.47. The Morgan fingerprint density at radius 2 is 1.84 bits per heavy atom. The van der Waals surface area contributed by atoms with Crippen LogP contribution in [-0.4, -0.2) is 48.1 Å². The van der Waals surface area contributed by atoms with Crippen molar-refractivity contribution >= 4 is 11.8 Å². The summed E-state index contributed by atoms with van der Waals surface area (Å²) < 4.78 is 14.1. The van der Waals surface area contributed by atoms with Gasteiger partial charge in [0.25, 0.3) is 11.8 Å². The fourth-order valence-corrected chi connectivity index (χ4v) is 2.38. The van der Waals surface area contributed by atoms with Crippen LogP contribution in [-0.2, 0) is 16.1 Å². The summed E-state index contributed by atoms with van der Waals surface area (Å²) in [5, 5.41) is 15.9. The standard InChI is InChI=1S/C19H28FN9O2/c1-26-18(30)16(22)11-28(24)6-5-15(20)10-29(25)12-17(23)19(31)27-9-14-4-2-3-13(7-14)8-21/h2-4,7,11-12,15H,5-6,9-10,22-25H2,1H3,(H,26,30)(H,27,31)/b16-11-,17-12-. The van der Waals surface area contributed by atoms with Gasteiger partial charge in [0, 0.05) is 32.5 Å². The largest absolute Gasteiger partial charge is 0.393 e. The van der Waals surface area contributed by atoms with Crippen molar-refractivity contribution in [1.29, 1.82) is 5.26 Å². The van der Waals surface area contributed by atoms with Crippen molar-refractivity contribution in [2.45, 2.75) is 19.1 Å². The summed E-state index contributed by atoms with van der Waals surface area (Å²) in [6.45, 7) is 0.00700. The van der Waals surface area contributed by atoms with Gasteiger partial charge >= 0.3 is 0 Å². The number of carbonyl (C=O) groups is 2. The van der Waals surface area contributed by atoms with E-state index in [0.29, 0.717) is 5.56 Å². The predicted molar refractivity (Wildman–Crippen MR) is 113 cm³/mol. The number of nitrogens with one attached hydrogen (secondary N) is 2. The first-order valence-corrected chi connectivity index (χ1v) is 9.26. The summed E-state index contributed by atoms with van der Waals surface area (Å²) >= 11 is 0. The molecule has 0 fully saturated rings. The van der Waals surface area contributed by atoms with Gasteiger partial charge in [0.2, 0.25) is 0 Å². The average molecular weight is 433 g/mol. The first-order chi connectivity index (χ1) is 14.7. The highest BCUT2D eigenvalue weighted by Crippen LogP contribution is 2.05. The third-order valence-electron chi connectivity index (χ3n) is 3.98. The third-order valence-corrected chi connectivity index (χ3v) is 3.98. The Kier molecular flexibility index (Phi) is 10.3. The Bertz CT molecular complexity index is 866. The van der Waals surface area contributed by atoms with E-state index < -0.39 is 18.0 Å². The molecule has 0 aliphatic heterocycles. The lowest BCUT2D eigenvalue weighted by Gasteiger charge is -2.20. The SMILES string of the molecule is CNC(=O)/C(N)=C/N(N)CCC(F)CN(N)/C=C(\N)C(=O)NCc1cccc(C#N)c1. The molecule has 168 valence electrons. The Morgan fingerprint density at radius 1 is 1.19 bits per heavy atom. The number of hydrazine groups is 2. The molecule has 2 amide bonds. The number of amides is 2. The number of nitrogens with two attached hydrogens (primary N) is 4. The van der Waals surface area contributed by atoms with E-state index in [9.17, 15) is 14.0 Å². The van der Waals surface area contributed by atoms with E-state index in [2.05, 4.69) is 10.6 Å². The molecule has 0 saturated heterocycles. The molecule has 1 aromatic carbocycles. The second kappa shape index (κ2) is 12.7. The third kappa shape index (κ3) is 9.48. The fourth-order valence-electron chi connectivity index (χ4n) is 2.38. The normalized spacial score (nSPS) is 12.5. The minimum absolute atomic E-state index is 0.00308. The van der Waals surface area contributed by atoms with Crippen LogP contribution in [0.2, 0.25) is 0 Å². The molecule has 31 heavy (non-hydrogen) atoms. The molecule has 0 aliphatic rings. The lowest BCUT2D eigenvalue weighted by atomic mass is 10.1. The highest BCUT2D eigenvalue weighted by atomic mass is 19.1. The van der Waals surface area contributed by atoms with Crippen molar-refractivity contribution in [2.24, 2.45) is 23.2 Å². The number of alkyl halides is 1. The second-order valence-electron chi connectivity index (χ2n) is 6.56. The van der Waals surface area contributed by atoms with Gasteiger partial charge in [-0.25, -0.2) is 16.1 Å². The van der Waals surface area contributed by atoms with Crippen LogP contribution in [0.25, 0.3) is 0 Å². The topological polar surface area (TPSA) is 193 Å². The van der Waals surface area contributed by atoms with Crippen LogP contribution >= 0.6 is 0 Å². The number of benzene rings is 1. The zero-order chi connectivity index (χ0) is 23.4. The molecule has 0 bridgehead atoms. The van der Waals surface area contributed by atoms with Crippen LogP contribution in [0, 0.1) is 11.3 Å². The average Bonchev–Trinajstić information content (AvgIpc) is 2.75. The van der Waals surface area contributed by atoms with Gasteiger partial charge in [-0.05, 0) is 24.1 Å². The van der Waals surface area contributed by atoms with Gasteiger partial charge < -0.3 is 32.1 Å². The summed E-state index contributed by atoms with van der Waals surface area (Å²) in [6, 6.07) is 8.75. The highest BCUT2D eigenvalue weighted by molar-refractivity contribution is 5.92. The maximum absolute atomic E-state index is 14.1. The molecule has 0 radical (unpaired) electrons. The Hall–Kier alpha value is -3.82. The lowest BCUT2D eigenvalue weighted by molar-refractivity contribution is -0.118. The van der Waals surface area contributed by atoms with Gasteiger partial charge in [-0.2, -0.15) is 5.26 Å². The number of hydrogen-bond acceptors (Lipinski definition) is 9. The van der Waals surface area contributed by atoms with E-state index in [1.54, 1.807) is 24.3 Å². The van der Waals surface area contributed by atoms with E-state index in [0.717, 1.165) is 21.8 Å².